The quantitative estimate of drug-likeness (QED) is 0.734. The van der Waals surface area contributed by atoms with Crippen molar-refractivity contribution in [2.45, 2.75) is 6.42 Å². The van der Waals surface area contributed by atoms with Gasteiger partial charge in [-0.25, -0.2) is 4.98 Å². The first kappa shape index (κ1) is 12.4. The number of hydrogen-bond donors (Lipinski definition) is 3. The van der Waals surface area contributed by atoms with E-state index >= 15 is 0 Å². The molecule has 1 amide bonds. The SMILES string of the molecule is Nc1cccc(Cl)c1C(=O)NCCc1ncc[nH]1. The minimum absolute atomic E-state index is 0.273. The minimum atomic E-state index is -0.273. The number of rotatable bonds is 4. The first-order valence-electron chi connectivity index (χ1n) is 5.49. The van der Waals surface area contributed by atoms with Crippen LogP contribution < -0.4 is 11.1 Å². The number of nitrogens with two attached hydrogens (primary N) is 1. The maximum absolute atomic E-state index is 11.9. The number of aromatic amines is 1. The van der Waals surface area contributed by atoms with Crippen LogP contribution in [0.5, 0.6) is 0 Å². The molecule has 5 nitrogen and oxygen atoms in total. The monoisotopic (exact) mass is 264 g/mol. The number of benzene rings is 1. The van der Waals surface area contributed by atoms with Gasteiger partial charge in [-0.2, -0.15) is 0 Å². The maximum Gasteiger partial charge on any atom is 0.254 e. The standard InChI is InChI=1S/C12H13ClN4O/c13-8-2-1-3-9(14)11(8)12(18)17-5-4-10-15-6-7-16-10/h1-3,6-7H,4-5,14H2,(H,15,16)(H,17,18). The van der Waals surface area contributed by atoms with Crippen molar-refractivity contribution >= 4 is 23.2 Å². The lowest BCUT2D eigenvalue weighted by atomic mass is 10.1. The van der Waals surface area contributed by atoms with Crippen LogP contribution in [0.4, 0.5) is 5.69 Å². The normalized spacial score (nSPS) is 10.3. The molecule has 0 fully saturated rings. The third-order valence-electron chi connectivity index (χ3n) is 2.48. The van der Waals surface area contributed by atoms with Gasteiger partial charge in [0.25, 0.3) is 5.91 Å². The van der Waals surface area contributed by atoms with Crippen LogP contribution in [0.25, 0.3) is 0 Å². The Labute approximate surface area is 109 Å². The number of carbonyl (C=O) groups is 1. The molecule has 0 atom stereocenters. The second-order valence-corrected chi connectivity index (χ2v) is 4.15. The Hall–Kier alpha value is -2.01. The number of halogens is 1. The fraction of sp³-hybridized carbons (Fsp3) is 0.167. The summed E-state index contributed by atoms with van der Waals surface area (Å²) in [6.07, 6.45) is 4.04. The van der Waals surface area contributed by atoms with Gasteiger partial charge in [0.15, 0.2) is 0 Å². The molecule has 0 saturated heterocycles. The Balaban J connectivity index is 1.96. The molecule has 0 bridgehead atoms. The summed E-state index contributed by atoms with van der Waals surface area (Å²) >= 11 is 5.94. The van der Waals surface area contributed by atoms with Crippen molar-refractivity contribution in [3.05, 3.63) is 47.0 Å². The zero-order valence-electron chi connectivity index (χ0n) is 9.61. The first-order chi connectivity index (χ1) is 8.68. The topological polar surface area (TPSA) is 83.8 Å². The van der Waals surface area contributed by atoms with Crippen molar-refractivity contribution in [2.24, 2.45) is 0 Å². The van der Waals surface area contributed by atoms with E-state index in [0.717, 1.165) is 5.82 Å². The molecule has 1 aromatic heterocycles. The van der Waals surface area contributed by atoms with E-state index in [9.17, 15) is 4.79 Å². The summed E-state index contributed by atoms with van der Waals surface area (Å²) in [5, 5.41) is 3.11. The molecule has 0 radical (unpaired) electrons. The van der Waals surface area contributed by atoms with Gasteiger partial charge in [-0.3, -0.25) is 4.79 Å². The Bertz CT molecular complexity index is 519. The molecular weight excluding hydrogens is 252 g/mol. The molecule has 0 aliphatic carbocycles. The molecule has 0 spiro atoms. The summed E-state index contributed by atoms with van der Waals surface area (Å²) in [4.78, 5) is 18.9. The third-order valence-corrected chi connectivity index (χ3v) is 2.79. The highest BCUT2D eigenvalue weighted by molar-refractivity contribution is 6.34. The van der Waals surface area contributed by atoms with Crippen LogP contribution in [-0.2, 0) is 6.42 Å². The molecule has 6 heteroatoms. The molecule has 0 aliphatic heterocycles. The van der Waals surface area contributed by atoms with Crippen LogP contribution in [0.3, 0.4) is 0 Å². The molecule has 2 rings (SSSR count). The van der Waals surface area contributed by atoms with Gasteiger partial charge in [-0.05, 0) is 12.1 Å². The third kappa shape index (κ3) is 2.81. The van der Waals surface area contributed by atoms with E-state index in [-0.39, 0.29) is 5.91 Å². The molecule has 94 valence electrons. The summed E-state index contributed by atoms with van der Waals surface area (Å²) in [6, 6.07) is 4.99. The highest BCUT2D eigenvalue weighted by atomic mass is 35.5. The number of carbonyl (C=O) groups excluding carboxylic acids is 1. The van der Waals surface area contributed by atoms with Gasteiger partial charge < -0.3 is 16.0 Å². The molecule has 4 N–H and O–H groups in total. The van der Waals surface area contributed by atoms with E-state index in [2.05, 4.69) is 15.3 Å². The van der Waals surface area contributed by atoms with E-state index < -0.39 is 0 Å². The summed E-state index contributed by atoms with van der Waals surface area (Å²) in [5.74, 6) is 0.548. The lowest BCUT2D eigenvalue weighted by Gasteiger charge is -2.08. The van der Waals surface area contributed by atoms with Crippen molar-refractivity contribution in [3.63, 3.8) is 0 Å². The number of nitrogens with zero attached hydrogens (tertiary/aromatic N) is 1. The number of aromatic nitrogens is 2. The fourth-order valence-corrected chi connectivity index (χ4v) is 1.87. The zero-order valence-corrected chi connectivity index (χ0v) is 10.4. The zero-order chi connectivity index (χ0) is 13.0. The number of imidazole rings is 1. The smallest absolute Gasteiger partial charge is 0.254 e. The van der Waals surface area contributed by atoms with Gasteiger partial charge in [0.1, 0.15) is 5.82 Å². The number of anilines is 1. The van der Waals surface area contributed by atoms with Gasteiger partial charge in [0, 0.05) is 31.0 Å². The molecular formula is C12H13ClN4O. The molecule has 2 aromatic rings. The molecule has 1 aromatic carbocycles. The van der Waals surface area contributed by atoms with Gasteiger partial charge in [-0.1, -0.05) is 17.7 Å². The molecule has 1 heterocycles. The van der Waals surface area contributed by atoms with Crippen molar-refractivity contribution < 1.29 is 4.79 Å². The van der Waals surface area contributed by atoms with Gasteiger partial charge >= 0.3 is 0 Å². The summed E-state index contributed by atoms with van der Waals surface area (Å²) < 4.78 is 0. The van der Waals surface area contributed by atoms with Gasteiger partial charge in [-0.15, -0.1) is 0 Å². The Morgan fingerprint density at radius 3 is 3.00 bits per heavy atom. The molecule has 0 saturated carbocycles. The predicted molar refractivity (Wildman–Crippen MR) is 70.5 cm³/mol. The number of H-pyrrole nitrogens is 1. The molecule has 18 heavy (non-hydrogen) atoms. The largest absolute Gasteiger partial charge is 0.398 e. The summed E-state index contributed by atoms with van der Waals surface area (Å²) in [7, 11) is 0. The minimum Gasteiger partial charge on any atom is -0.398 e. The Kier molecular flexibility index (Phi) is 3.84. The van der Waals surface area contributed by atoms with E-state index in [0.29, 0.717) is 29.2 Å². The molecule has 0 unspecified atom stereocenters. The summed E-state index contributed by atoms with van der Waals surface area (Å²) in [5.41, 5.74) is 6.42. The summed E-state index contributed by atoms with van der Waals surface area (Å²) in [6.45, 7) is 0.469. The van der Waals surface area contributed by atoms with Crippen molar-refractivity contribution in [3.8, 4) is 0 Å². The maximum atomic E-state index is 11.9. The van der Waals surface area contributed by atoms with Crippen molar-refractivity contribution in [2.75, 3.05) is 12.3 Å². The first-order valence-corrected chi connectivity index (χ1v) is 5.86. The van der Waals surface area contributed by atoms with E-state index in [1.165, 1.54) is 0 Å². The van der Waals surface area contributed by atoms with Gasteiger partial charge in [0.2, 0.25) is 0 Å². The fourth-order valence-electron chi connectivity index (χ4n) is 1.60. The number of amides is 1. The Morgan fingerprint density at radius 1 is 1.50 bits per heavy atom. The van der Waals surface area contributed by atoms with Crippen molar-refractivity contribution in [1.29, 1.82) is 0 Å². The lowest BCUT2D eigenvalue weighted by Crippen LogP contribution is -2.27. The number of hydrogen-bond acceptors (Lipinski definition) is 3. The van der Waals surface area contributed by atoms with Crippen LogP contribution in [0, 0.1) is 0 Å². The number of nitrogen functional groups attached to an aromatic ring is 1. The average Bonchev–Trinajstić information content (AvgIpc) is 2.82. The van der Waals surface area contributed by atoms with Crippen molar-refractivity contribution in [1.82, 2.24) is 15.3 Å². The highest BCUT2D eigenvalue weighted by Crippen LogP contribution is 2.21. The van der Waals surface area contributed by atoms with E-state index in [1.807, 2.05) is 0 Å². The molecule has 0 aliphatic rings. The lowest BCUT2D eigenvalue weighted by molar-refractivity contribution is 0.0955. The van der Waals surface area contributed by atoms with Crippen LogP contribution in [-0.4, -0.2) is 22.4 Å². The van der Waals surface area contributed by atoms with Crippen LogP contribution in [0.15, 0.2) is 30.6 Å². The Morgan fingerprint density at radius 2 is 2.33 bits per heavy atom. The van der Waals surface area contributed by atoms with Crippen LogP contribution in [0.1, 0.15) is 16.2 Å². The highest BCUT2D eigenvalue weighted by Gasteiger charge is 2.13. The van der Waals surface area contributed by atoms with Crippen LogP contribution in [0.2, 0.25) is 5.02 Å². The van der Waals surface area contributed by atoms with E-state index in [4.69, 9.17) is 17.3 Å². The average molecular weight is 265 g/mol. The second-order valence-electron chi connectivity index (χ2n) is 3.75. The van der Waals surface area contributed by atoms with E-state index in [1.54, 1.807) is 30.6 Å². The van der Waals surface area contributed by atoms with Gasteiger partial charge in [0.05, 0.1) is 10.6 Å². The predicted octanol–water partition coefficient (Wildman–Crippen LogP) is 1.62. The number of nitrogens with one attached hydrogen (secondary N) is 2. The second kappa shape index (κ2) is 5.55. The van der Waals surface area contributed by atoms with Crippen LogP contribution >= 0.6 is 11.6 Å².